The molecule has 1 amide bonds. The lowest BCUT2D eigenvalue weighted by Gasteiger charge is -2.07. The fourth-order valence-corrected chi connectivity index (χ4v) is 3.09. The van der Waals surface area contributed by atoms with Gasteiger partial charge in [-0.2, -0.15) is 4.98 Å². The first-order valence-electron chi connectivity index (χ1n) is 8.06. The molecule has 0 aromatic carbocycles. The van der Waals surface area contributed by atoms with Crippen LogP contribution in [0.5, 0.6) is 0 Å². The molecular weight excluding hydrogens is 368 g/mol. The van der Waals surface area contributed by atoms with Gasteiger partial charge in [0.15, 0.2) is 0 Å². The summed E-state index contributed by atoms with van der Waals surface area (Å²) in [6.07, 6.45) is 3.06. The number of hydrogen-bond donors (Lipinski definition) is 1. The molecule has 0 aliphatic carbocycles. The smallest absolute Gasteiger partial charge is 0.259 e. The molecule has 0 spiro atoms. The van der Waals surface area contributed by atoms with Crippen LogP contribution in [0, 0.1) is 0 Å². The van der Waals surface area contributed by atoms with Crippen molar-refractivity contribution in [1.29, 1.82) is 0 Å². The van der Waals surface area contributed by atoms with Crippen LogP contribution in [0.4, 0.5) is 0 Å². The van der Waals surface area contributed by atoms with E-state index in [1.54, 1.807) is 18.2 Å². The second-order valence-electron chi connectivity index (χ2n) is 5.64. The number of carbonyl (C=O) groups is 1. The zero-order chi connectivity index (χ0) is 18.6. The second-order valence-corrected chi connectivity index (χ2v) is 6.59. The Morgan fingerprint density at radius 1 is 1.22 bits per heavy atom. The first kappa shape index (κ1) is 17.0. The van der Waals surface area contributed by atoms with Crippen LogP contribution in [0.3, 0.4) is 0 Å². The van der Waals surface area contributed by atoms with Crippen LogP contribution in [0.2, 0.25) is 0 Å². The summed E-state index contributed by atoms with van der Waals surface area (Å²) in [6, 6.07) is 10.2. The lowest BCUT2D eigenvalue weighted by Crippen LogP contribution is -2.31. The molecule has 0 unspecified atom stereocenters. The Morgan fingerprint density at radius 2 is 2.15 bits per heavy atom. The fourth-order valence-electron chi connectivity index (χ4n) is 2.44. The monoisotopic (exact) mass is 382 g/mol. The molecule has 0 radical (unpaired) electrons. The summed E-state index contributed by atoms with van der Waals surface area (Å²) in [5, 5.41) is 8.58. The number of nitrogens with one attached hydrogen (secondary N) is 1. The van der Waals surface area contributed by atoms with E-state index in [1.165, 1.54) is 34.4 Å². The summed E-state index contributed by atoms with van der Waals surface area (Å²) in [7, 11) is 0. The van der Waals surface area contributed by atoms with E-state index in [1.807, 2.05) is 17.5 Å². The topological polar surface area (TPSA) is 103 Å². The van der Waals surface area contributed by atoms with Gasteiger partial charge in [-0.3, -0.25) is 9.59 Å². The Kier molecular flexibility index (Phi) is 4.67. The van der Waals surface area contributed by atoms with Crippen molar-refractivity contribution >= 4 is 17.2 Å². The van der Waals surface area contributed by atoms with Crippen LogP contribution < -0.4 is 10.9 Å². The molecule has 4 rings (SSSR count). The van der Waals surface area contributed by atoms with Crippen LogP contribution in [-0.2, 0) is 17.9 Å². The van der Waals surface area contributed by atoms with Gasteiger partial charge in [0.1, 0.15) is 12.3 Å². The fraction of sp³-hybridized carbons (Fsp3) is 0.111. The average molecular weight is 382 g/mol. The van der Waals surface area contributed by atoms with Crippen LogP contribution in [0.25, 0.3) is 22.2 Å². The molecule has 0 saturated heterocycles. The van der Waals surface area contributed by atoms with E-state index in [0.717, 1.165) is 4.88 Å². The predicted octanol–water partition coefficient (Wildman–Crippen LogP) is 2.54. The number of furan rings is 1. The maximum absolute atomic E-state index is 12.1. The van der Waals surface area contributed by atoms with Crippen molar-refractivity contribution < 1.29 is 13.7 Å². The second kappa shape index (κ2) is 7.42. The van der Waals surface area contributed by atoms with Crippen molar-refractivity contribution in [2.75, 3.05) is 0 Å². The molecule has 8 nitrogen and oxygen atoms in total. The first-order valence-corrected chi connectivity index (χ1v) is 8.94. The van der Waals surface area contributed by atoms with E-state index in [2.05, 4.69) is 15.5 Å². The van der Waals surface area contributed by atoms with E-state index in [0.29, 0.717) is 17.1 Å². The van der Waals surface area contributed by atoms with Gasteiger partial charge in [0.25, 0.3) is 11.4 Å². The lowest BCUT2D eigenvalue weighted by molar-refractivity contribution is -0.121. The summed E-state index contributed by atoms with van der Waals surface area (Å²) < 4.78 is 11.7. The molecule has 4 aromatic rings. The maximum Gasteiger partial charge on any atom is 0.259 e. The minimum Gasteiger partial charge on any atom is -0.467 e. The van der Waals surface area contributed by atoms with Crippen molar-refractivity contribution in [3.05, 3.63) is 70.4 Å². The standard InChI is InChI=1S/C18H14N4O4S/c23-15(19-9-13-3-1-7-25-13)11-22-10-12(5-6-16(22)24)18-20-17(21-26-18)14-4-2-8-27-14/h1-8,10H,9,11H2,(H,19,23). The van der Waals surface area contributed by atoms with Gasteiger partial charge in [-0.1, -0.05) is 11.2 Å². The van der Waals surface area contributed by atoms with Gasteiger partial charge in [0.2, 0.25) is 11.7 Å². The minimum absolute atomic E-state index is 0.126. The maximum atomic E-state index is 12.1. The highest BCUT2D eigenvalue weighted by Crippen LogP contribution is 2.24. The van der Waals surface area contributed by atoms with E-state index in [-0.39, 0.29) is 30.4 Å². The van der Waals surface area contributed by atoms with Gasteiger partial charge in [0, 0.05) is 12.3 Å². The molecular formula is C18H14N4O4S. The number of pyridine rings is 1. The van der Waals surface area contributed by atoms with Crippen molar-refractivity contribution in [2.45, 2.75) is 13.1 Å². The Bertz CT molecular complexity index is 1100. The van der Waals surface area contributed by atoms with E-state index in [4.69, 9.17) is 8.94 Å². The largest absolute Gasteiger partial charge is 0.467 e. The third-order valence-electron chi connectivity index (χ3n) is 3.75. The molecule has 136 valence electrons. The van der Waals surface area contributed by atoms with Gasteiger partial charge in [-0.05, 0) is 29.6 Å². The summed E-state index contributed by atoms with van der Waals surface area (Å²) in [4.78, 5) is 29.4. The number of hydrogen-bond acceptors (Lipinski definition) is 7. The number of aromatic nitrogens is 3. The SMILES string of the molecule is O=C(Cn1cc(-c2nc(-c3cccs3)no2)ccc1=O)NCc1ccco1. The zero-order valence-electron chi connectivity index (χ0n) is 14.0. The van der Waals surface area contributed by atoms with Crippen molar-refractivity contribution in [2.24, 2.45) is 0 Å². The van der Waals surface area contributed by atoms with Gasteiger partial charge in [0.05, 0.1) is 23.2 Å². The Balaban J connectivity index is 1.49. The molecule has 9 heteroatoms. The molecule has 27 heavy (non-hydrogen) atoms. The summed E-state index contributed by atoms with van der Waals surface area (Å²) in [5.41, 5.74) is 0.258. The average Bonchev–Trinajstić information content (AvgIpc) is 3.42. The number of rotatable bonds is 6. The van der Waals surface area contributed by atoms with Crippen LogP contribution in [-0.4, -0.2) is 20.6 Å². The highest BCUT2D eigenvalue weighted by atomic mass is 32.1. The summed E-state index contributed by atoms with van der Waals surface area (Å²) in [6.45, 7) is 0.132. The third-order valence-corrected chi connectivity index (χ3v) is 4.62. The molecule has 4 aromatic heterocycles. The van der Waals surface area contributed by atoms with Crippen molar-refractivity contribution in [3.63, 3.8) is 0 Å². The number of nitrogens with zero attached hydrogens (tertiary/aromatic N) is 3. The Morgan fingerprint density at radius 3 is 2.93 bits per heavy atom. The molecule has 1 N–H and O–H groups in total. The zero-order valence-corrected chi connectivity index (χ0v) is 14.8. The summed E-state index contributed by atoms with van der Waals surface area (Å²) in [5.74, 6) is 1.09. The van der Waals surface area contributed by atoms with Crippen molar-refractivity contribution in [1.82, 2.24) is 20.0 Å². The normalized spacial score (nSPS) is 10.8. The molecule has 0 aliphatic rings. The van der Waals surface area contributed by atoms with Gasteiger partial charge < -0.3 is 18.8 Å². The van der Waals surface area contributed by atoms with E-state index in [9.17, 15) is 9.59 Å². The highest BCUT2D eigenvalue weighted by Gasteiger charge is 2.13. The number of amides is 1. The molecule has 0 bridgehead atoms. The first-order chi connectivity index (χ1) is 13.2. The van der Waals surface area contributed by atoms with E-state index >= 15 is 0 Å². The highest BCUT2D eigenvalue weighted by molar-refractivity contribution is 7.13. The molecule has 0 aliphatic heterocycles. The molecule has 0 fully saturated rings. The molecule has 0 atom stereocenters. The van der Waals surface area contributed by atoms with Gasteiger partial charge in [-0.15, -0.1) is 11.3 Å². The summed E-state index contributed by atoms with van der Waals surface area (Å²) >= 11 is 1.50. The molecule has 4 heterocycles. The Labute approximate surface area is 157 Å². The lowest BCUT2D eigenvalue weighted by atomic mass is 10.3. The van der Waals surface area contributed by atoms with Crippen molar-refractivity contribution in [3.8, 4) is 22.2 Å². The predicted molar refractivity (Wildman–Crippen MR) is 97.9 cm³/mol. The number of thiophene rings is 1. The third kappa shape index (κ3) is 3.87. The van der Waals surface area contributed by atoms with Crippen LogP contribution >= 0.6 is 11.3 Å². The Hall–Kier alpha value is -3.46. The van der Waals surface area contributed by atoms with Gasteiger partial charge in [-0.25, -0.2) is 0 Å². The molecule has 0 saturated carbocycles. The number of carbonyl (C=O) groups excluding carboxylic acids is 1. The quantitative estimate of drug-likeness (QED) is 0.550. The van der Waals surface area contributed by atoms with Crippen LogP contribution in [0.15, 0.2) is 68.0 Å². The van der Waals surface area contributed by atoms with Crippen LogP contribution in [0.1, 0.15) is 5.76 Å². The van der Waals surface area contributed by atoms with E-state index < -0.39 is 0 Å². The van der Waals surface area contributed by atoms with Gasteiger partial charge >= 0.3 is 0 Å². The minimum atomic E-state index is -0.310.